The number of carbonyl (C=O) groups excluding carboxylic acids is 1. The van der Waals surface area contributed by atoms with Crippen LogP contribution >= 0.6 is 0 Å². The van der Waals surface area contributed by atoms with Crippen LogP contribution in [0.4, 0.5) is 0 Å². The van der Waals surface area contributed by atoms with E-state index in [-0.39, 0.29) is 0 Å². The van der Waals surface area contributed by atoms with Crippen molar-refractivity contribution in [2.75, 3.05) is 6.61 Å². The highest BCUT2D eigenvalue weighted by Gasteiger charge is 2.60. The van der Waals surface area contributed by atoms with E-state index < -0.39 is 55.4 Å². The quantitative estimate of drug-likeness (QED) is 0.523. The molecule has 0 aliphatic carbocycles. The first-order chi connectivity index (χ1) is 14.5. The van der Waals surface area contributed by atoms with Gasteiger partial charge >= 0.3 is 13.1 Å². The summed E-state index contributed by atoms with van der Waals surface area (Å²) in [4.78, 5) is 12.9. The van der Waals surface area contributed by atoms with Crippen molar-refractivity contribution < 1.29 is 43.3 Å². The van der Waals surface area contributed by atoms with Crippen LogP contribution in [0.1, 0.15) is 43.6 Å². The van der Waals surface area contributed by atoms with Gasteiger partial charge in [0.15, 0.2) is 30.1 Å². The van der Waals surface area contributed by atoms with Crippen LogP contribution in [0.3, 0.4) is 0 Å². The molecular weight excluding hydrogens is 407 g/mol. The second-order valence-electron chi connectivity index (χ2n) is 8.70. The summed E-state index contributed by atoms with van der Waals surface area (Å²) in [6, 6.07) is 6.55. The Bertz CT molecular complexity index is 836. The topological polar surface area (TPSA) is 113 Å². The smallest absolute Gasteiger partial charge is 0.453 e. The van der Waals surface area contributed by atoms with Gasteiger partial charge in [0, 0.05) is 0 Å². The zero-order valence-corrected chi connectivity index (χ0v) is 17.9. The first-order valence-electron chi connectivity index (χ1n) is 10.2. The molecule has 4 rings (SSSR count). The molecule has 0 bridgehead atoms. The molecule has 0 spiro atoms. The fourth-order valence-electron chi connectivity index (χ4n) is 3.93. The van der Waals surface area contributed by atoms with E-state index in [9.17, 15) is 4.79 Å². The van der Waals surface area contributed by atoms with E-state index in [0.29, 0.717) is 17.7 Å². The third-order valence-corrected chi connectivity index (χ3v) is 5.27. The van der Waals surface area contributed by atoms with E-state index in [4.69, 9.17) is 38.5 Å². The Morgan fingerprint density at radius 1 is 1.06 bits per heavy atom. The Labute approximate surface area is 181 Å². The summed E-state index contributed by atoms with van der Waals surface area (Å²) < 4.78 is 35.2. The monoisotopic (exact) mass is 434 g/mol. The van der Waals surface area contributed by atoms with Gasteiger partial charge in [-0.1, -0.05) is 24.2 Å². The molecular formula is C21H27BO9. The van der Waals surface area contributed by atoms with Crippen LogP contribution in [-0.4, -0.2) is 72.0 Å². The van der Waals surface area contributed by atoms with Crippen molar-refractivity contribution in [3.05, 3.63) is 41.4 Å². The van der Waals surface area contributed by atoms with E-state index in [1.807, 2.05) is 13.8 Å². The number of esters is 1. The van der Waals surface area contributed by atoms with E-state index in [0.717, 1.165) is 0 Å². The van der Waals surface area contributed by atoms with Gasteiger partial charge in [-0.15, -0.1) is 0 Å². The molecule has 5 atom stereocenters. The van der Waals surface area contributed by atoms with Crippen molar-refractivity contribution in [1.29, 1.82) is 0 Å². The predicted octanol–water partition coefficient (Wildman–Crippen LogP) is 1.27. The van der Waals surface area contributed by atoms with Gasteiger partial charge in [-0.2, -0.15) is 0 Å². The highest BCUT2D eigenvalue weighted by Crippen LogP contribution is 2.42. The van der Waals surface area contributed by atoms with Gasteiger partial charge in [0.1, 0.15) is 12.2 Å². The Hall–Kier alpha value is -1.79. The zero-order valence-electron chi connectivity index (χ0n) is 17.9. The molecule has 3 aliphatic rings. The number of benzene rings is 1. The Kier molecular flexibility index (Phi) is 5.99. The lowest BCUT2D eigenvalue weighted by molar-refractivity contribution is -0.232. The maximum atomic E-state index is 12.9. The summed E-state index contributed by atoms with van der Waals surface area (Å²) in [6.07, 6.45) is -1.52. The Morgan fingerprint density at radius 2 is 1.77 bits per heavy atom. The van der Waals surface area contributed by atoms with Crippen LogP contribution in [0, 0.1) is 0 Å². The van der Waals surface area contributed by atoms with Gasteiger partial charge < -0.3 is 38.5 Å². The molecule has 0 saturated carbocycles. The highest BCUT2D eigenvalue weighted by molar-refractivity contribution is 6.48. The first kappa shape index (κ1) is 22.4. The minimum Gasteiger partial charge on any atom is -0.453 e. The zero-order chi connectivity index (χ0) is 22.4. The van der Waals surface area contributed by atoms with Gasteiger partial charge in [-0.05, 0) is 45.4 Å². The molecule has 10 heteroatoms. The van der Waals surface area contributed by atoms with Gasteiger partial charge in [0.25, 0.3) is 0 Å². The lowest BCUT2D eigenvalue weighted by Crippen LogP contribution is -2.45. The van der Waals surface area contributed by atoms with Gasteiger partial charge in [0.2, 0.25) is 0 Å². The van der Waals surface area contributed by atoms with Crippen molar-refractivity contribution in [3.63, 3.8) is 0 Å². The van der Waals surface area contributed by atoms with E-state index >= 15 is 0 Å². The Morgan fingerprint density at radius 3 is 2.39 bits per heavy atom. The average molecular weight is 434 g/mol. The van der Waals surface area contributed by atoms with E-state index in [1.165, 1.54) is 12.1 Å². The molecule has 1 aromatic carbocycles. The molecule has 168 valence electrons. The third kappa shape index (κ3) is 5.01. The van der Waals surface area contributed by atoms with Crippen molar-refractivity contribution >= 4 is 19.2 Å². The number of ether oxygens (including phenoxy) is 6. The van der Waals surface area contributed by atoms with Gasteiger partial charge in [-0.25, -0.2) is 4.79 Å². The summed E-state index contributed by atoms with van der Waals surface area (Å²) in [6.45, 7) is 7.47. The number of carbonyl (C=O) groups is 1. The van der Waals surface area contributed by atoms with Crippen LogP contribution in [0.5, 0.6) is 0 Å². The lowest BCUT2D eigenvalue weighted by atomic mass is 9.90. The number of rotatable bonds is 5. The molecule has 3 saturated heterocycles. The number of fused-ring (bicyclic) bond motifs is 1. The van der Waals surface area contributed by atoms with Crippen LogP contribution in [0.25, 0.3) is 6.08 Å². The first-order valence-corrected chi connectivity index (χ1v) is 10.2. The molecule has 0 radical (unpaired) electrons. The van der Waals surface area contributed by atoms with Crippen molar-refractivity contribution in [2.24, 2.45) is 0 Å². The summed E-state index contributed by atoms with van der Waals surface area (Å²) in [5.74, 6) is -0.934. The normalized spacial score (nSPS) is 33.5. The summed E-state index contributed by atoms with van der Waals surface area (Å²) in [5, 5.41) is 17.8. The molecule has 0 amide bonds. The molecule has 3 heterocycles. The minimum absolute atomic E-state index is 0.298. The number of hydrogen-bond acceptors (Lipinski definition) is 9. The predicted molar refractivity (Wildman–Crippen MR) is 108 cm³/mol. The fraction of sp³-hybridized carbons (Fsp3) is 0.571. The van der Waals surface area contributed by atoms with Crippen LogP contribution < -0.4 is 0 Å². The second kappa shape index (κ2) is 8.29. The maximum absolute atomic E-state index is 12.9. The molecule has 3 fully saturated rings. The summed E-state index contributed by atoms with van der Waals surface area (Å²) in [5.41, 5.74) is 1.05. The molecule has 31 heavy (non-hydrogen) atoms. The lowest BCUT2D eigenvalue weighted by Gasteiger charge is -2.28. The SMILES string of the molecule is CC1(C)O[C@H]2O[C@H]([C@H]3COC(C)(C)O3)[C@H](OC(=O)c3ccc(/C=C/B(O)O)cc3)[C@H]2O1. The highest BCUT2D eigenvalue weighted by atomic mass is 16.8. The van der Waals surface area contributed by atoms with E-state index in [1.54, 1.807) is 38.1 Å². The third-order valence-electron chi connectivity index (χ3n) is 5.27. The van der Waals surface area contributed by atoms with E-state index in [2.05, 4.69) is 0 Å². The van der Waals surface area contributed by atoms with Crippen LogP contribution in [0.15, 0.2) is 30.2 Å². The van der Waals surface area contributed by atoms with Crippen LogP contribution in [-0.2, 0) is 28.4 Å². The second-order valence-corrected chi connectivity index (χ2v) is 8.70. The largest absolute Gasteiger partial charge is 0.480 e. The molecule has 2 N–H and O–H groups in total. The maximum Gasteiger partial charge on any atom is 0.480 e. The molecule has 1 aromatic rings. The summed E-state index contributed by atoms with van der Waals surface area (Å²) in [7, 11) is -1.54. The summed E-state index contributed by atoms with van der Waals surface area (Å²) >= 11 is 0. The molecule has 0 unspecified atom stereocenters. The molecule has 9 nitrogen and oxygen atoms in total. The fourth-order valence-corrected chi connectivity index (χ4v) is 3.93. The van der Waals surface area contributed by atoms with Crippen molar-refractivity contribution in [1.82, 2.24) is 0 Å². The van der Waals surface area contributed by atoms with Crippen molar-refractivity contribution in [2.45, 2.75) is 70.0 Å². The van der Waals surface area contributed by atoms with Crippen molar-refractivity contribution in [3.8, 4) is 0 Å². The Balaban J connectivity index is 1.50. The average Bonchev–Trinajstić information content (AvgIpc) is 3.30. The van der Waals surface area contributed by atoms with Gasteiger partial charge in [-0.3, -0.25) is 0 Å². The van der Waals surface area contributed by atoms with Crippen LogP contribution in [0.2, 0.25) is 0 Å². The molecule has 3 aliphatic heterocycles. The minimum atomic E-state index is -1.54. The standard InChI is InChI=1S/C21H27BO9/c1-20(2)26-11-14(29-20)15-16(17-19(28-15)31-21(3,4)30-17)27-18(23)13-7-5-12(6-8-13)9-10-22(24)25/h5-10,14-17,19,24-25H,11H2,1-4H3/b10-9+/t14-,15-,16+,17-,19-/m1/s1. The molecule has 0 aromatic heterocycles. The van der Waals surface area contributed by atoms with Gasteiger partial charge in [0.05, 0.1) is 12.2 Å². The number of hydrogen-bond donors (Lipinski definition) is 2.